The smallest absolute Gasteiger partial charge is 0.0736 e. The monoisotopic (exact) mass is 171 g/mol. The zero-order valence-corrected chi connectivity index (χ0v) is 8.92. The van der Waals surface area contributed by atoms with E-state index in [0.717, 1.165) is 6.54 Å². The number of hydrogen-bond donors (Lipinski definition) is 0. The second-order valence-electron chi connectivity index (χ2n) is 4.83. The Morgan fingerprint density at radius 2 is 1.83 bits per heavy atom. The van der Waals surface area contributed by atoms with Crippen LogP contribution >= 0.6 is 0 Å². The van der Waals surface area contributed by atoms with Gasteiger partial charge in [0.15, 0.2) is 0 Å². The van der Waals surface area contributed by atoms with Gasteiger partial charge in [-0.25, -0.2) is 0 Å². The predicted molar refractivity (Wildman–Crippen MR) is 51.3 cm³/mol. The molecule has 0 bridgehead atoms. The van der Waals surface area contributed by atoms with Crippen LogP contribution < -0.4 is 0 Å². The molecule has 0 aromatic carbocycles. The molecule has 0 aromatic rings. The highest BCUT2D eigenvalue weighted by Gasteiger charge is 2.34. The van der Waals surface area contributed by atoms with E-state index in [0.29, 0.717) is 17.6 Å². The van der Waals surface area contributed by atoms with Gasteiger partial charge in [0.05, 0.1) is 6.10 Å². The van der Waals surface area contributed by atoms with Crippen LogP contribution in [0.1, 0.15) is 27.7 Å². The zero-order chi connectivity index (χ0) is 9.35. The molecule has 0 radical (unpaired) electrons. The van der Waals surface area contributed by atoms with E-state index < -0.39 is 0 Å². The first-order chi connectivity index (χ1) is 5.45. The molecule has 2 nitrogen and oxygen atoms in total. The van der Waals surface area contributed by atoms with E-state index in [1.807, 2.05) is 7.11 Å². The molecule has 0 amide bonds. The maximum Gasteiger partial charge on any atom is 0.0736 e. The summed E-state index contributed by atoms with van der Waals surface area (Å²) in [6.45, 7) is 11.3. The first kappa shape index (κ1) is 10.0. The van der Waals surface area contributed by atoms with Crippen LogP contribution in [0.15, 0.2) is 0 Å². The van der Waals surface area contributed by atoms with Gasteiger partial charge in [0.25, 0.3) is 0 Å². The molecular weight excluding hydrogens is 150 g/mol. The maximum atomic E-state index is 5.41. The maximum absolute atomic E-state index is 5.41. The van der Waals surface area contributed by atoms with E-state index in [4.69, 9.17) is 4.74 Å². The molecule has 2 heteroatoms. The average Bonchev–Trinajstić information content (AvgIpc) is 2.29. The highest BCUT2D eigenvalue weighted by molar-refractivity contribution is 4.88. The van der Waals surface area contributed by atoms with Crippen molar-refractivity contribution in [2.75, 3.05) is 20.2 Å². The second-order valence-corrected chi connectivity index (χ2v) is 4.83. The largest absolute Gasteiger partial charge is 0.380 e. The van der Waals surface area contributed by atoms with Gasteiger partial charge in [-0.05, 0) is 26.7 Å². The van der Waals surface area contributed by atoms with Crippen molar-refractivity contribution in [1.29, 1.82) is 0 Å². The third kappa shape index (κ3) is 1.99. The van der Waals surface area contributed by atoms with Crippen LogP contribution in [-0.4, -0.2) is 36.7 Å². The zero-order valence-electron chi connectivity index (χ0n) is 8.92. The van der Waals surface area contributed by atoms with Gasteiger partial charge < -0.3 is 4.74 Å². The van der Waals surface area contributed by atoms with Gasteiger partial charge in [-0.3, -0.25) is 4.90 Å². The summed E-state index contributed by atoms with van der Waals surface area (Å²) in [5, 5.41) is 0. The van der Waals surface area contributed by atoms with Gasteiger partial charge in [-0.2, -0.15) is 0 Å². The molecule has 1 rings (SSSR count). The van der Waals surface area contributed by atoms with Gasteiger partial charge in [-0.1, -0.05) is 6.92 Å². The van der Waals surface area contributed by atoms with Crippen LogP contribution in [-0.2, 0) is 4.74 Å². The van der Waals surface area contributed by atoms with E-state index in [1.54, 1.807) is 0 Å². The summed E-state index contributed by atoms with van der Waals surface area (Å²) in [7, 11) is 1.81. The fourth-order valence-electron chi connectivity index (χ4n) is 1.79. The molecule has 2 atom stereocenters. The molecule has 1 fully saturated rings. The van der Waals surface area contributed by atoms with Crippen LogP contribution in [0.3, 0.4) is 0 Å². The van der Waals surface area contributed by atoms with Crippen molar-refractivity contribution in [1.82, 2.24) is 4.90 Å². The first-order valence-electron chi connectivity index (χ1n) is 4.73. The van der Waals surface area contributed by atoms with Gasteiger partial charge in [-0.15, -0.1) is 0 Å². The average molecular weight is 171 g/mol. The van der Waals surface area contributed by atoms with Crippen molar-refractivity contribution in [3.63, 3.8) is 0 Å². The third-order valence-corrected chi connectivity index (χ3v) is 2.79. The van der Waals surface area contributed by atoms with Crippen molar-refractivity contribution >= 4 is 0 Å². The number of likely N-dealkylation sites (tertiary alicyclic amines) is 1. The molecule has 1 heterocycles. The molecule has 1 saturated heterocycles. The Labute approximate surface area is 75.9 Å². The molecule has 0 saturated carbocycles. The Hall–Kier alpha value is -0.0800. The summed E-state index contributed by atoms with van der Waals surface area (Å²) in [5.74, 6) is 0.675. The van der Waals surface area contributed by atoms with Crippen LogP contribution in [0.25, 0.3) is 0 Å². The Morgan fingerprint density at radius 1 is 1.25 bits per heavy atom. The summed E-state index contributed by atoms with van der Waals surface area (Å²) in [6.07, 6.45) is 0.434. The van der Waals surface area contributed by atoms with Gasteiger partial charge in [0.1, 0.15) is 0 Å². The molecule has 0 spiro atoms. The minimum Gasteiger partial charge on any atom is -0.380 e. The van der Waals surface area contributed by atoms with Crippen molar-refractivity contribution in [3.05, 3.63) is 0 Å². The lowest BCUT2D eigenvalue weighted by Gasteiger charge is -2.31. The SMILES string of the molecule is COC1CN(C(C)(C)C)CC1C. The van der Waals surface area contributed by atoms with Crippen molar-refractivity contribution < 1.29 is 4.74 Å². The number of methoxy groups -OCH3 is 1. The lowest BCUT2D eigenvalue weighted by Crippen LogP contribution is -2.40. The van der Waals surface area contributed by atoms with Crippen molar-refractivity contribution in [2.24, 2.45) is 5.92 Å². The summed E-state index contributed by atoms with van der Waals surface area (Å²) < 4.78 is 5.41. The van der Waals surface area contributed by atoms with E-state index in [1.165, 1.54) is 6.54 Å². The third-order valence-electron chi connectivity index (χ3n) is 2.79. The Morgan fingerprint density at radius 3 is 2.08 bits per heavy atom. The van der Waals surface area contributed by atoms with Crippen LogP contribution in [0.5, 0.6) is 0 Å². The summed E-state index contributed by atoms with van der Waals surface area (Å²) in [4.78, 5) is 2.49. The predicted octanol–water partition coefficient (Wildman–Crippen LogP) is 1.75. The minimum atomic E-state index is 0.293. The minimum absolute atomic E-state index is 0.293. The summed E-state index contributed by atoms with van der Waals surface area (Å²) in [6, 6.07) is 0. The molecule has 2 unspecified atom stereocenters. The molecule has 1 aliphatic rings. The number of hydrogen-bond acceptors (Lipinski definition) is 2. The number of ether oxygens (including phenoxy) is 1. The van der Waals surface area contributed by atoms with E-state index in [-0.39, 0.29) is 0 Å². The fourth-order valence-corrected chi connectivity index (χ4v) is 1.79. The molecule has 72 valence electrons. The Kier molecular flexibility index (Phi) is 2.79. The molecule has 0 aliphatic carbocycles. The van der Waals surface area contributed by atoms with Crippen molar-refractivity contribution in [2.45, 2.75) is 39.3 Å². The van der Waals surface area contributed by atoms with Gasteiger partial charge in [0.2, 0.25) is 0 Å². The van der Waals surface area contributed by atoms with Crippen LogP contribution in [0.2, 0.25) is 0 Å². The Bertz CT molecular complexity index is 150. The molecule has 12 heavy (non-hydrogen) atoms. The quantitative estimate of drug-likeness (QED) is 0.596. The molecule has 0 aromatic heterocycles. The lowest BCUT2D eigenvalue weighted by atomic mass is 10.1. The lowest BCUT2D eigenvalue weighted by molar-refractivity contribution is 0.0745. The molecule has 1 aliphatic heterocycles. The van der Waals surface area contributed by atoms with Crippen LogP contribution in [0, 0.1) is 5.92 Å². The molecular formula is C10H21NO. The van der Waals surface area contributed by atoms with E-state index in [2.05, 4.69) is 32.6 Å². The molecule has 0 N–H and O–H groups in total. The van der Waals surface area contributed by atoms with Gasteiger partial charge in [0, 0.05) is 25.7 Å². The fraction of sp³-hybridized carbons (Fsp3) is 1.00. The first-order valence-corrected chi connectivity index (χ1v) is 4.73. The summed E-state index contributed by atoms with van der Waals surface area (Å²) >= 11 is 0. The standard InChI is InChI=1S/C10H21NO/c1-8-6-11(10(2,3)4)7-9(8)12-5/h8-9H,6-7H2,1-5H3. The van der Waals surface area contributed by atoms with Crippen LogP contribution in [0.4, 0.5) is 0 Å². The van der Waals surface area contributed by atoms with E-state index in [9.17, 15) is 0 Å². The van der Waals surface area contributed by atoms with Crippen molar-refractivity contribution in [3.8, 4) is 0 Å². The Balaban J connectivity index is 2.54. The summed E-state index contributed by atoms with van der Waals surface area (Å²) in [5.41, 5.74) is 0.293. The number of rotatable bonds is 1. The van der Waals surface area contributed by atoms with Gasteiger partial charge >= 0.3 is 0 Å². The number of nitrogens with zero attached hydrogens (tertiary/aromatic N) is 1. The normalized spacial score (nSPS) is 32.8. The second kappa shape index (κ2) is 3.35. The highest BCUT2D eigenvalue weighted by Crippen LogP contribution is 2.25. The van der Waals surface area contributed by atoms with E-state index >= 15 is 0 Å². The topological polar surface area (TPSA) is 12.5 Å². The highest BCUT2D eigenvalue weighted by atomic mass is 16.5.